The average Bonchev–Trinajstić information content (AvgIpc) is 2.82. The highest BCUT2D eigenvalue weighted by Gasteiger charge is 2.18. The Morgan fingerprint density at radius 1 is 1.25 bits per heavy atom. The fourth-order valence-corrected chi connectivity index (χ4v) is 3.25. The number of aromatic nitrogens is 3. The maximum absolute atomic E-state index is 5.61. The van der Waals surface area contributed by atoms with E-state index in [0.29, 0.717) is 11.0 Å². The Balaban J connectivity index is 2.50. The summed E-state index contributed by atoms with van der Waals surface area (Å²) in [6.45, 7) is 6.39. The highest BCUT2D eigenvalue weighted by atomic mass is 32.1. The van der Waals surface area contributed by atoms with Crippen LogP contribution in [0.2, 0.25) is 0 Å². The molecule has 0 atom stereocenters. The molecule has 2 heterocycles. The van der Waals surface area contributed by atoms with E-state index in [4.69, 9.17) is 5.73 Å². The summed E-state index contributed by atoms with van der Waals surface area (Å²) in [6, 6.07) is 0. The number of thiazole rings is 1. The molecule has 0 unspecified atom stereocenters. The standard InChI is InChI=1S/C10H14N4S2/c1-4-6-12-7(5(2)3)8(15-6)9-13-14-10(11)16-9/h5H,4H2,1-3H3,(H2,11,14). The predicted molar refractivity (Wildman–Crippen MR) is 68.9 cm³/mol. The summed E-state index contributed by atoms with van der Waals surface area (Å²) in [6.07, 6.45) is 0.957. The number of nitrogens with zero attached hydrogens (tertiary/aromatic N) is 3. The van der Waals surface area contributed by atoms with Crippen LogP contribution in [-0.4, -0.2) is 15.2 Å². The van der Waals surface area contributed by atoms with Crippen LogP contribution < -0.4 is 5.73 Å². The van der Waals surface area contributed by atoms with Gasteiger partial charge in [-0.15, -0.1) is 21.5 Å². The van der Waals surface area contributed by atoms with Crippen LogP contribution >= 0.6 is 22.7 Å². The van der Waals surface area contributed by atoms with E-state index in [0.717, 1.165) is 27.0 Å². The Kier molecular flexibility index (Phi) is 3.20. The second-order valence-corrected chi connectivity index (χ2v) is 5.87. The number of anilines is 1. The lowest BCUT2D eigenvalue weighted by Gasteiger charge is -2.01. The molecule has 0 radical (unpaired) electrons. The molecule has 0 aliphatic carbocycles. The van der Waals surface area contributed by atoms with Crippen LogP contribution in [0.1, 0.15) is 37.4 Å². The fraction of sp³-hybridized carbons (Fsp3) is 0.500. The largest absolute Gasteiger partial charge is 0.374 e. The fourth-order valence-electron chi connectivity index (χ4n) is 1.40. The normalized spacial score (nSPS) is 11.2. The molecule has 2 rings (SSSR count). The van der Waals surface area contributed by atoms with Crippen molar-refractivity contribution in [3.05, 3.63) is 10.7 Å². The zero-order valence-corrected chi connectivity index (χ0v) is 11.2. The SMILES string of the molecule is CCc1nc(C(C)C)c(-c2nnc(N)s2)s1. The number of nitrogens with two attached hydrogens (primary N) is 1. The third-order valence-electron chi connectivity index (χ3n) is 2.18. The van der Waals surface area contributed by atoms with Gasteiger partial charge in [-0.3, -0.25) is 0 Å². The van der Waals surface area contributed by atoms with Crippen molar-refractivity contribution < 1.29 is 0 Å². The number of nitrogen functional groups attached to an aromatic ring is 1. The van der Waals surface area contributed by atoms with Crippen LogP contribution in [0.3, 0.4) is 0 Å². The van der Waals surface area contributed by atoms with Gasteiger partial charge in [-0.25, -0.2) is 4.98 Å². The van der Waals surface area contributed by atoms with Gasteiger partial charge in [0.1, 0.15) is 0 Å². The summed E-state index contributed by atoms with van der Waals surface area (Å²) in [7, 11) is 0. The zero-order valence-electron chi connectivity index (χ0n) is 9.52. The molecule has 0 saturated heterocycles. The van der Waals surface area contributed by atoms with E-state index in [2.05, 4.69) is 36.0 Å². The monoisotopic (exact) mass is 254 g/mol. The minimum absolute atomic E-state index is 0.400. The van der Waals surface area contributed by atoms with Crippen molar-refractivity contribution in [1.82, 2.24) is 15.2 Å². The van der Waals surface area contributed by atoms with Gasteiger partial charge in [-0.1, -0.05) is 32.1 Å². The predicted octanol–water partition coefficient (Wildman–Crippen LogP) is 2.93. The summed E-state index contributed by atoms with van der Waals surface area (Å²) in [5, 5.41) is 10.5. The summed E-state index contributed by atoms with van der Waals surface area (Å²) in [5.41, 5.74) is 6.72. The maximum atomic E-state index is 5.61. The van der Waals surface area contributed by atoms with Crippen molar-refractivity contribution in [2.75, 3.05) is 5.73 Å². The minimum Gasteiger partial charge on any atom is -0.374 e. The maximum Gasteiger partial charge on any atom is 0.203 e. The molecule has 2 aromatic rings. The molecule has 0 aliphatic rings. The quantitative estimate of drug-likeness (QED) is 0.914. The molecule has 2 N–H and O–H groups in total. The van der Waals surface area contributed by atoms with Crippen LogP contribution in [0, 0.1) is 0 Å². The van der Waals surface area contributed by atoms with Gasteiger partial charge in [0.15, 0.2) is 5.01 Å². The lowest BCUT2D eigenvalue weighted by atomic mass is 10.1. The van der Waals surface area contributed by atoms with Crippen LogP contribution in [0.15, 0.2) is 0 Å². The molecule has 16 heavy (non-hydrogen) atoms. The third-order valence-corrected chi connectivity index (χ3v) is 4.30. The highest BCUT2D eigenvalue weighted by molar-refractivity contribution is 7.23. The Labute approximate surface area is 103 Å². The molecule has 0 aliphatic heterocycles. The van der Waals surface area contributed by atoms with E-state index in [9.17, 15) is 0 Å². The lowest BCUT2D eigenvalue weighted by molar-refractivity contribution is 0.825. The summed E-state index contributed by atoms with van der Waals surface area (Å²) >= 11 is 3.12. The number of rotatable bonds is 3. The Hall–Kier alpha value is -1.01. The zero-order chi connectivity index (χ0) is 11.7. The minimum atomic E-state index is 0.400. The number of hydrogen-bond donors (Lipinski definition) is 1. The number of hydrogen-bond acceptors (Lipinski definition) is 6. The van der Waals surface area contributed by atoms with Gasteiger partial charge in [0.2, 0.25) is 5.13 Å². The van der Waals surface area contributed by atoms with Gasteiger partial charge in [-0.05, 0) is 12.3 Å². The van der Waals surface area contributed by atoms with Crippen LogP contribution in [0.25, 0.3) is 9.88 Å². The van der Waals surface area contributed by atoms with Crippen molar-refractivity contribution in [2.24, 2.45) is 0 Å². The van der Waals surface area contributed by atoms with Gasteiger partial charge in [-0.2, -0.15) is 0 Å². The van der Waals surface area contributed by atoms with Gasteiger partial charge in [0.25, 0.3) is 0 Å². The molecule has 6 heteroatoms. The highest BCUT2D eigenvalue weighted by Crippen LogP contribution is 2.36. The van der Waals surface area contributed by atoms with E-state index < -0.39 is 0 Å². The summed E-state index contributed by atoms with van der Waals surface area (Å²) < 4.78 is 0. The molecule has 0 fully saturated rings. The van der Waals surface area contributed by atoms with Crippen molar-refractivity contribution in [3.63, 3.8) is 0 Å². The average molecular weight is 254 g/mol. The van der Waals surface area contributed by atoms with Crippen molar-refractivity contribution in [1.29, 1.82) is 0 Å². The molecule has 86 valence electrons. The third kappa shape index (κ3) is 2.08. The van der Waals surface area contributed by atoms with E-state index in [1.807, 2.05) is 0 Å². The van der Waals surface area contributed by atoms with Crippen molar-refractivity contribution in [3.8, 4) is 9.88 Å². The summed E-state index contributed by atoms with van der Waals surface area (Å²) in [4.78, 5) is 5.76. The molecule has 0 saturated carbocycles. The van der Waals surface area contributed by atoms with Crippen molar-refractivity contribution >= 4 is 27.8 Å². The molecule has 0 amide bonds. The van der Waals surface area contributed by atoms with E-state index >= 15 is 0 Å². The first kappa shape index (κ1) is 11.5. The van der Waals surface area contributed by atoms with Gasteiger partial charge >= 0.3 is 0 Å². The molecule has 0 bridgehead atoms. The smallest absolute Gasteiger partial charge is 0.203 e. The molecule has 2 aromatic heterocycles. The second kappa shape index (κ2) is 4.47. The van der Waals surface area contributed by atoms with Crippen molar-refractivity contribution in [2.45, 2.75) is 33.1 Å². The van der Waals surface area contributed by atoms with E-state index in [1.165, 1.54) is 11.3 Å². The first-order valence-corrected chi connectivity index (χ1v) is 6.84. The van der Waals surface area contributed by atoms with Crippen LogP contribution in [0.4, 0.5) is 5.13 Å². The Morgan fingerprint density at radius 3 is 2.50 bits per heavy atom. The lowest BCUT2D eigenvalue weighted by Crippen LogP contribution is -1.91. The Bertz CT molecular complexity index is 487. The molecular weight excluding hydrogens is 240 g/mol. The molecule has 0 spiro atoms. The Morgan fingerprint density at radius 2 is 2.00 bits per heavy atom. The molecule has 4 nitrogen and oxygen atoms in total. The first-order chi connectivity index (χ1) is 7.61. The summed E-state index contributed by atoms with van der Waals surface area (Å²) in [5.74, 6) is 0.400. The van der Waals surface area contributed by atoms with Gasteiger partial charge < -0.3 is 5.73 Å². The number of aryl methyl sites for hydroxylation is 1. The first-order valence-electron chi connectivity index (χ1n) is 5.20. The van der Waals surface area contributed by atoms with Gasteiger partial charge in [0, 0.05) is 0 Å². The molecule has 0 aromatic carbocycles. The van der Waals surface area contributed by atoms with E-state index in [-0.39, 0.29) is 0 Å². The van der Waals surface area contributed by atoms with Gasteiger partial charge in [0.05, 0.1) is 15.6 Å². The topological polar surface area (TPSA) is 64.7 Å². The van der Waals surface area contributed by atoms with E-state index in [1.54, 1.807) is 11.3 Å². The second-order valence-electron chi connectivity index (χ2n) is 3.78. The van der Waals surface area contributed by atoms with Crippen LogP contribution in [-0.2, 0) is 6.42 Å². The van der Waals surface area contributed by atoms with Crippen LogP contribution in [0.5, 0.6) is 0 Å². The molecular formula is C10H14N4S2.